The standard InChI is InChI=1S/C12H13ClF2N2O2.ClH/c13-8-1-2-10(19-12(14)15)9(7-8)11(18)17-5-3-16-4-6-17;/h1-2,7,12,16H,3-6H2;1H. The number of amides is 1. The molecule has 1 N–H and O–H groups in total. The minimum atomic E-state index is -2.98. The molecule has 2 rings (SSSR count). The van der Waals surface area contributed by atoms with Crippen LogP contribution in [0.5, 0.6) is 5.75 Å². The topological polar surface area (TPSA) is 41.6 Å². The zero-order valence-corrected chi connectivity index (χ0v) is 12.0. The Kier molecular flexibility index (Phi) is 6.45. The molecule has 0 aromatic heterocycles. The molecule has 1 aliphatic rings. The average Bonchev–Trinajstić information content (AvgIpc) is 2.40. The van der Waals surface area contributed by atoms with Crippen molar-refractivity contribution in [2.75, 3.05) is 26.2 Å². The van der Waals surface area contributed by atoms with E-state index in [9.17, 15) is 13.6 Å². The van der Waals surface area contributed by atoms with E-state index in [0.29, 0.717) is 31.2 Å². The van der Waals surface area contributed by atoms with Gasteiger partial charge in [0.15, 0.2) is 0 Å². The van der Waals surface area contributed by atoms with Gasteiger partial charge in [-0.05, 0) is 18.2 Å². The number of hydrogen-bond acceptors (Lipinski definition) is 3. The number of ether oxygens (including phenoxy) is 1. The summed E-state index contributed by atoms with van der Waals surface area (Å²) in [6.07, 6.45) is 0. The maximum atomic E-state index is 12.3. The van der Waals surface area contributed by atoms with Crippen LogP contribution in [0.1, 0.15) is 10.4 Å². The first kappa shape index (κ1) is 16.9. The Morgan fingerprint density at radius 1 is 1.35 bits per heavy atom. The molecule has 1 saturated heterocycles. The molecule has 8 heteroatoms. The molecule has 4 nitrogen and oxygen atoms in total. The second kappa shape index (κ2) is 7.61. The summed E-state index contributed by atoms with van der Waals surface area (Å²) in [5.41, 5.74) is 0.0645. The smallest absolute Gasteiger partial charge is 0.387 e. The van der Waals surface area contributed by atoms with Crippen molar-refractivity contribution in [2.24, 2.45) is 0 Å². The quantitative estimate of drug-likeness (QED) is 0.927. The van der Waals surface area contributed by atoms with Crippen LogP contribution in [0.25, 0.3) is 0 Å². The van der Waals surface area contributed by atoms with Crippen molar-refractivity contribution in [3.05, 3.63) is 28.8 Å². The number of hydrogen-bond donors (Lipinski definition) is 1. The van der Waals surface area contributed by atoms with Crippen molar-refractivity contribution in [2.45, 2.75) is 6.61 Å². The van der Waals surface area contributed by atoms with Crippen LogP contribution < -0.4 is 10.1 Å². The van der Waals surface area contributed by atoms with Crippen molar-refractivity contribution in [3.63, 3.8) is 0 Å². The fourth-order valence-electron chi connectivity index (χ4n) is 1.91. The normalized spacial score (nSPS) is 14.9. The fraction of sp³-hybridized carbons (Fsp3) is 0.417. The molecule has 1 aromatic rings. The van der Waals surface area contributed by atoms with Gasteiger partial charge in [-0.15, -0.1) is 12.4 Å². The first-order valence-corrected chi connectivity index (χ1v) is 6.20. The van der Waals surface area contributed by atoms with Crippen LogP contribution in [0.3, 0.4) is 0 Å². The van der Waals surface area contributed by atoms with Crippen molar-refractivity contribution in [1.82, 2.24) is 10.2 Å². The van der Waals surface area contributed by atoms with E-state index < -0.39 is 6.61 Å². The lowest BCUT2D eigenvalue weighted by Gasteiger charge is -2.28. The molecule has 1 fully saturated rings. The van der Waals surface area contributed by atoms with E-state index in [2.05, 4.69) is 10.1 Å². The maximum Gasteiger partial charge on any atom is 0.387 e. The number of nitrogens with one attached hydrogen (secondary N) is 1. The summed E-state index contributed by atoms with van der Waals surface area (Å²) in [4.78, 5) is 13.9. The summed E-state index contributed by atoms with van der Waals surface area (Å²) in [6.45, 7) is -0.566. The number of piperazine rings is 1. The van der Waals surface area contributed by atoms with Crippen molar-refractivity contribution in [1.29, 1.82) is 0 Å². The Labute approximate surface area is 126 Å². The Hall–Kier alpha value is -1.11. The van der Waals surface area contributed by atoms with Crippen LogP contribution in [0.2, 0.25) is 5.02 Å². The predicted molar refractivity (Wildman–Crippen MR) is 74.1 cm³/mol. The van der Waals surface area contributed by atoms with Gasteiger partial charge in [-0.2, -0.15) is 8.78 Å². The average molecular weight is 327 g/mol. The second-order valence-electron chi connectivity index (χ2n) is 4.06. The number of rotatable bonds is 3. The van der Waals surface area contributed by atoms with Crippen LogP contribution in [0, 0.1) is 0 Å². The fourth-order valence-corrected chi connectivity index (χ4v) is 2.08. The Morgan fingerprint density at radius 2 is 2.00 bits per heavy atom. The maximum absolute atomic E-state index is 12.3. The molecular formula is C12H14Cl2F2N2O2. The van der Waals surface area contributed by atoms with Gasteiger partial charge in [0.05, 0.1) is 5.56 Å². The van der Waals surface area contributed by atoms with Gasteiger partial charge in [0.1, 0.15) is 5.75 Å². The highest BCUT2D eigenvalue weighted by Gasteiger charge is 2.22. The number of halogens is 4. The molecule has 112 valence electrons. The van der Waals surface area contributed by atoms with Crippen LogP contribution in [0.4, 0.5) is 8.78 Å². The number of carbonyl (C=O) groups is 1. The lowest BCUT2D eigenvalue weighted by molar-refractivity contribution is -0.0502. The van der Waals surface area contributed by atoms with E-state index in [-0.39, 0.29) is 29.6 Å². The third-order valence-corrected chi connectivity index (χ3v) is 3.03. The van der Waals surface area contributed by atoms with E-state index >= 15 is 0 Å². The summed E-state index contributed by atoms with van der Waals surface area (Å²) < 4.78 is 29.0. The summed E-state index contributed by atoms with van der Waals surface area (Å²) in [7, 11) is 0. The van der Waals surface area contributed by atoms with Gasteiger partial charge in [-0.3, -0.25) is 4.79 Å². The van der Waals surface area contributed by atoms with Crippen LogP contribution >= 0.6 is 24.0 Å². The highest BCUT2D eigenvalue weighted by Crippen LogP contribution is 2.26. The van der Waals surface area contributed by atoms with Crippen LogP contribution in [-0.4, -0.2) is 43.6 Å². The van der Waals surface area contributed by atoms with Gasteiger partial charge in [-0.1, -0.05) is 11.6 Å². The molecule has 1 amide bonds. The number of carbonyl (C=O) groups excluding carboxylic acids is 1. The Morgan fingerprint density at radius 3 is 2.60 bits per heavy atom. The zero-order chi connectivity index (χ0) is 13.8. The summed E-state index contributed by atoms with van der Waals surface area (Å²) in [5, 5.41) is 3.41. The van der Waals surface area contributed by atoms with E-state index in [0.717, 1.165) is 0 Å². The number of benzene rings is 1. The molecule has 0 atom stereocenters. The van der Waals surface area contributed by atoms with Gasteiger partial charge < -0.3 is 15.0 Å². The minimum Gasteiger partial charge on any atom is -0.434 e. The van der Waals surface area contributed by atoms with Gasteiger partial charge in [0.2, 0.25) is 0 Å². The van der Waals surface area contributed by atoms with Crippen molar-refractivity contribution in [3.8, 4) is 5.75 Å². The van der Waals surface area contributed by atoms with Crippen LogP contribution in [0.15, 0.2) is 18.2 Å². The van der Waals surface area contributed by atoms with Gasteiger partial charge >= 0.3 is 6.61 Å². The highest BCUT2D eigenvalue weighted by molar-refractivity contribution is 6.31. The molecule has 0 bridgehead atoms. The number of nitrogens with zero attached hydrogens (tertiary/aromatic N) is 1. The van der Waals surface area contributed by atoms with Gasteiger partial charge in [0.25, 0.3) is 5.91 Å². The van der Waals surface area contributed by atoms with Gasteiger partial charge in [0, 0.05) is 31.2 Å². The largest absolute Gasteiger partial charge is 0.434 e. The molecule has 1 aliphatic heterocycles. The van der Waals surface area contributed by atoms with E-state index in [1.165, 1.54) is 18.2 Å². The monoisotopic (exact) mass is 326 g/mol. The molecule has 0 spiro atoms. The summed E-state index contributed by atoms with van der Waals surface area (Å²) in [5.74, 6) is -0.498. The van der Waals surface area contributed by atoms with Crippen LogP contribution in [-0.2, 0) is 0 Å². The van der Waals surface area contributed by atoms with E-state index in [1.54, 1.807) is 4.90 Å². The third-order valence-electron chi connectivity index (χ3n) is 2.79. The molecule has 0 unspecified atom stereocenters. The first-order valence-electron chi connectivity index (χ1n) is 5.82. The summed E-state index contributed by atoms with van der Waals surface area (Å²) >= 11 is 5.81. The predicted octanol–water partition coefficient (Wildman–Crippen LogP) is 2.41. The lowest BCUT2D eigenvalue weighted by Crippen LogP contribution is -2.46. The van der Waals surface area contributed by atoms with E-state index in [4.69, 9.17) is 11.6 Å². The van der Waals surface area contributed by atoms with E-state index in [1.807, 2.05) is 0 Å². The molecule has 0 radical (unpaired) electrons. The third kappa shape index (κ3) is 4.19. The molecule has 20 heavy (non-hydrogen) atoms. The Balaban J connectivity index is 0.00000200. The minimum absolute atomic E-state index is 0. The lowest BCUT2D eigenvalue weighted by atomic mass is 10.1. The Bertz CT molecular complexity index is 469. The first-order chi connectivity index (χ1) is 9.08. The molecule has 0 saturated carbocycles. The molecule has 1 aromatic carbocycles. The number of alkyl halides is 2. The highest BCUT2D eigenvalue weighted by atomic mass is 35.5. The molecular weight excluding hydrogens is 313 g/mol. The molecule has 0 aliphatic carbocycles. The summed E-state index contributed by atoms with van der Waals surface area (Å²) in [6, 6.07) is 4.04. The van der Waals surface area contributed by atoms with Gasteiger partial charge in [-0.25, -0.2) is 0 Å². The van der Waals surface area contributed by atoms with Crippen molar-refractivity contribution >= 4 is 29.9 Å². The second-order valence-corrected chi connectivity index (χ2v) is 4.50. The van der Waals surface area contributed by atoms with Crippen molar-refractivity contribution < 1.29 is 18.3 Å². The SMILES string of the molecule is Cl.O=C(c1cc(Cl)ccc1OC(F)F)N1CCNCC1. The molecule has 1 heterocycles. The zero-order valence-electron chi connectivity index (χ0n) is 10.4.